The fraction of sp³-hybridized carbons (Fsp3) is 0.435. The van der Waals surface area contributed by atoms with E-state index in [1.165, 1.54) is 12.1 Å². The lowest BCUT2D eigenvalue weighted by atomic mass is 9.88. The fourth-order valence-corrected chi connectivity index (χ4v) is 4.44. The highest BCUT2D eigenvalue weighted by atomic mass is 19.4. The van der Waals surface area contributed by atoms with Crippen LogP contribution >= 0.6 is 0 Å². The van der Waals surface area contributed by atoms with Crippen molar-refractivity contribution in [3.63, 3.8) is 0 Å². The molecule has 8 heteroatoms. The van der Waals surface area contributed by atoms with Crippen LogP contribution in [0.3, 0.4) is 0 Å². The number of hydrogen-bond acceptors (Lipinski definition) is 1. The quantitative estimate of drug-likeness (QED) is 0.579. The van der Waals surface area contributed by atoms with Crippen LogP contribution in [-0.2, 0) is 12.6 Å². The number of alkyl halides is 5. The molecule has 1 fully saturated rings. The van der Waals surface area contributed by atoms with E-state index in [1.807, 2.05) is 24.3 Å². The summed E-state index contributed by atoms with van der Waals surface area (Å²) in [5.74, 6) is -2.69. The molecule has 2 aliphatic rings. The minimum atomic E-state index is -4.44. The van der Waals surface area contributed by atoms with Gasteiger partial charge in [-0.15, -0.1) is 0 Å². The Kier molecular flexibility index (Phi) is 5.66. The van der Waals surface area contributed by atoms with Crippen LogP contribution in [0.4, 0.5) is 26.7 Å². The largest absolute Gasteiger partial charge is 0.416 e. The second kappa shape index (κ2) is 8.13. The molecular weight excluding hydrogens is 415 g/mol. The molecule has 0 spiro atoms. The average Bonchev–Trinajstić information content (AvgIpc) is 2.74. The summed E-state index contributed by atoms with van der Waals surface area (Å²) in [6, 6.07) is 11.1. The molecule has 3 nitrogen and oxygen atoms in total. The molecule has 1 atom stereocenters. The summed E-state index contributed by atoms with van der Waals surface area (Å²) in [6.45, 7) is 0.386. The van der Waals surface area contributed by atoms with Crippen LogP contribution in [0, 0.1) is 0 Å². The first-order chi connectivity index (χ1) is 14.6. The molecule has 166 valence electrons. The van der Waals surface area contributed by atoms with Crippen LogP contribution in [0.5, 0.6) is 0 Å². The Morgan fingerprint density at radius 3 is 2.29 bits per heavy atom. The van der Waals surface area contributed by atoms with Crippen molar-refractivity contribution >= 4 is 6.03 Å². The van der Waals surface area contributed by atoms with Gasteiger partial charge in [0.05, 0.1) is 11.6 Å². The van der Waals surface area contributed by atoms with Crippen LogP contribution in [0.15, 0.2) is 48.5 Å². The monoisotopic (exact) mass is 438 g/mol. The molecule has 1 N–H and O–H groups in total. The molecule has 1 aliphatic carbocycles. The normalized spacial score (nSPS) is 21.5. The van der Waals surface area contributed by atoms with Gasteiger partial charge in [0.2, 0.25) is 5.92 Å². The molecule has 4 rings (SSSR count). The highest BCUT2D eigenvalue weighted by molar-refractivity contribution is 5.76. The number of fused-ring (bicyclic) bond motifs is 1. The Labute approximate surface area is 177 Å². The maximum atomic E-state index is 13.4. The Morgan fingerprint density at radius 2 is 1.65 bits per heavy atom. The standard InChI is InChI=1S/C23H23F5N2O/c24-22(25)12-9-18(10-13-22)29-21(31)30-14-11-15-3-1-2-4-19(15)20(30)16-5-7-17(8-6-16)23(26,27)28/h1-8,18,20H,9-14H2,(H,29,31). The highest BCUT2D eigenvalue weighted by Crippen LogP contribution is 2.38. The number of hydrogen-bond donors (Lipinski definition) is 1. The first-order valence-corrected chi connectivity index (χ1v) is 10.3. The molecule has 0 saturated heterocycles. The van der Waals surface area contributed by atoms with Gasteiger partial charge in [-0.3, -0.25) is 0 Å². The Morgan fingerprint density at radius 1 is 1.00 bits per heavy atom. The zero-order valence-corrected chi connectivity index (χ0v) is 16.8. The van der Waals surface area contributed by atoms with E-state index in [2.05, 4.69) is 5.32 Å². The Hall–Kier alpha value is -2.64. The number of benzene rings is 2. The van der Waals surface area contributed by atoms with Crippen molar-refractivity contribution in [2.75, 3.05) is 6.54 Å². The highest BCUT2D eigenvalue weighted by Gasteiger charge is 2.38. The molecule has 31 heavy (non-hydrogen) atoms. The SMILES string of the molecule is O=C(NC1CCC(F)(F)CC1)N1CCc2ccccc2C1c1ccc(C(F)(F)F)cc1. The number of rotatable bonds is 2. The molecule has 2 amide bonds. The number of amides is 2. The summed E-state index contributed by atoms with van der Waals surface area (Å²) in [4.78, 5) is 14.7. The van der Waals surface area contributed by atoms with Gasteiger partial charge in [0, 0.05) is 25.4 Å². The maximum absolute atomic E-state index is 13.4. The zero-order valence-electron chi connectivity index (χ0n) is 16.8. The summed E-state index contributed by atoms with van der Waals surface area (Å²) in [5.41, 5.74) is 1.72. The van der Waals surface area contributed by atoms with Gasteiger partial charge in [0.1, 0.15) is 0 Å². The molecule has 1 heterocycles. The third kappa shape index (κ3) is 4.67. The molecular formula is C23H23F5N2O. The number of urea groups is 1. The Balaban J connectivity index is 1.60. The minimum absolute atomic E-state index is 0.202. The topological polar surface area (TPSA) is 32.3 Å². The van der Waals surface area contributed by atoms with Gasteiger partial charge in [-0.05, 0) is 48.1 Å². The van der Waals surface area contributed by atoms with Crippen molar-refractivity contribution in [2.24, 2.45) is 0 Å². The maximum Gasteiger partial charge on any atom is 0.416 e. The van der Waals surface area contributed by atoms with E-state index < -0.39 is 23.7 Å². The smallest absolute Gasteiger partial charge is 0.335 e. The van der Waals surface area contributed by atoms with Gasteiger partial charge in [-0.2, -0.15) is 13.2 Å². The van der Waals surface area contributed by atoms with E-state index in [0.29, 0.717) is 18.5 Å². The third-order valence-electron chi connectivity index (χ3n) is 6.14. The van der Waals surface area contributed by atoms with Crippen molar-refractivity contribution in [3.05, 3.63) is 70.8 Å². The molecule has 0 radical (unpaired) electrons. The number of nitrogens with zero attached hydrogens (tertiary/aromatic N) is 1. The average molecular weight is 438 g/mol. The first kappa shape index (κ1) is 21.6. The van der Waals surface area contributed by atoms with Crippen LogP contribution in [0.1, 0.15) is 54.0 Å². The molecule has 2 aromatic carbocycles. The molecule has 0 bridgehead atoms. The second-order valence-corrected chi connectivity index (χ2v) is 8.24. The molecule has 1 aliphatic heterocycles. The van der Waals surface area contributed by atoms with Crippen molar-refractivity contribution < 1.29 is 26.7 Å². The van der Waals surface area contributed by atoms with Crippen LogP contribution in [0.2, 0.25) is 0 Å². The van der Waals surface area contributed by atoms with E-state index in [-0.39, 0.29) is 37.8 Å². The molecule has 1 unspecified atom stereocenters. The van der Waals surface area contributed by atoms with E-state index >= 15 is 0 Å². The van der Waals surface area contributed by atoms with Gasteiger partial charge >= 0.3 is 12.2 Å². The predicted molar refractivity (Wildman–Crippen MR) is 106 cm³/mol. The van der Waals surface area contributed by atoms with Gasteiger partial charge in [-0.25, -0.2) is 13.6 Å². The minimum Gasteiger partial charge on any atom is -0.335 e. The van der Waals surface area contributed by atoms with Gasteiger partial charge in [0.25, 0.3) is 0 Å². The third-order valence-corrected chi connectivity index (χ3v) is 6.14. The van der Waals surface area contributed by atoms with Gasteiger partial charge in [0.15, 0.2) is 0 Å². The number of carbonyl (C=O) groups excluding carboxylic acids is 1. The van der Waals surface area contributed by atoms with E-state index in [4.69, 9.17) is 0 Å². The lowest BCUT2D eigenvalue weighted by Crippen LogP contribution is -2.50. The summed E-state index contributed by atoms with van der Waals surface area (Å²) in [6.07, 6.45) is -3.94. The molecule has 1 saturated carbocycles. The van der Waals surface area contributed by atoms with E-state index in [1.54, 1.807) is 4.90 Å². The number of carbonyl (C=O) groups is 1. The zero-order chi connectivity index (χ0) is 22.2. The predicted octanol–water partition coefficient (Wildman–Crippen LogP) is 5.94. The van der Waals surface area contributed by atoms with Crippen LogP contribution in [-0.4, -0.2) is 29.4 Å². The van der Waals surface area contributed by atoms with E-state index in [0.717, 1.165) is 23.3 Å². The van der Waals surface area contributed by atoms with Crippen LogP contribution < -0.4 is 5.32 Å². The number of nitrogens with one attached hydrogen (secondary N) is 1. The van der Waals surface area contributed by atoms with Crippen molar-refractivity contribution in [3.8, 4) is 0 Å². The summed E-state index contributed by atoms with van der Waals surface area (Å²) >= 11 is 0. The van der Waals surface area contributed by atoms with E-state index in [9.17, 15) is 26.7 Å². The second-order valence-electron chi connectivity index (χ2n) is 8.24. The number of halogens is 5. The lowest BCUT2D eigenvalue weighted by Gasteiger charge is -2.39. The Bertz CT molecular complexity index is 932. The van der Waals surface area contributed by atoms with Gasteiger partial charge in [-0.1, -0.05) is 36.4 Å². The summed E-state index contributed by atoms with van der Waals surface area (Å²) in [7, 11) is 0. The van der Waals surface area contributed by atoms with Crippen LogP contribution in [0.25, 0.3) is 0 Å². The van der Waals surface area contributed by atoms with Crippen molar-refractivity contribution in [1.82, 2.24) is 10.2 Å². The lowest BCUT2D eigenvalue weighted by molar-refractivity contribution is -0.137. The van der Waals surface area contributed by atoms with Crippen molar-refractivity contribution in [1.29, 1.82) is 0 Å². The van der Waals surface area contributed by atoms with Crippen molar-refractivity contribution in [2.45, 2.75) is 56.3 Å². The summed E-state index contributed by atoms with van der Waals surface area (Å²) in [5, 5.41) is 2.87. The molecule has 0 aromatic heterocycles. The molecule has 2 aromatic rings. The van der Waals surface area contributed by atoms with Gasteiger partial charge < -0.3 is 10.2 Å². The fourth-order valence-electron chi connectivity index (χ4n) is 4.44. The first-order valence-electron chi connectivity index (χ1n) is 10.3. The summed E-state index contributed by atoms with van der Waals surface area (Å²) < 4.78 is 65.8.